The molecule has 126 valence electrons. The van der Waals surface area contributed by atoms with Gasteiger partial charge >= 0.3 is 0 Å². The third-order valence-corrected chi connectivity index (χ3v) is 4.01. The molecule has 0 aliphatic carbocycles. The van der Waals surface area contributed by atoms with Crippen LogP contribution in [0.4, 0.5) is 16.0 Å². The van der Waals surface area contributed by atoms with Gasteiger partial charge in [-0.2, -0.15) is 0 Å². The van der Waals surface area contributed by atoms with Crippen molar-refractivity contribution in [2.75, 3.05) is 42.9 Å². The SMILES string of the molecule is O=C(CCN1CCN(c2ncccn2)CC1)Nc1ccccc1F. The molecule has 0 spiro atoms. The minimum Gasteiger partial charge on any atom is -0.338 e. The minimum atomic E-state index is -0.415. The zero-order valence-electron chi connectivity index (χ0n) is 13.4. The molecule has 1 N–H and O–H groups in total. The highest BCUT2D eigenvalue weighted by Crippen LogP contribution is 2.13. The molecule has 1 saturated heterocycles. The second-order valence-electron chi connectivity index (χ2n) is 5.66. The molecule has 7 heteroatoms. The smallest absolute Gasteiger partial charge is 0.225 e. The molecule has 0 bridgehead atoms. The van der Waals surface area contributed by atoms with Crippen molar-refractivity contribution in [1.29, 1.82) is 0 Å². The van der Waals surface area contributed by atoms with Gasteiger partial charge in [0.25, 0.3) is 0 Å². The highest BCUT2D eigenvalue weighted by molar-refractivity contribution is 5.90. The maximum absolute atomic E-state index is 13.5. The fourth-order valence-electron chi connectivity index (χ4n) is 2.66. The molecule has 0 saturated carbocycles. The van der Waals surface area contributed by atoms with Crippen molar-refractivity contribution in [2.45, 2.75) is 6.42 Å². The van der Waals surface area contributed by atoms with E-state index in [1.807, 2.05) is 0 Å². The predicted octanol–water partition coefficient (Wildman–Crippen LogP) is 1.77. The van der Waals surface area contributed by atoms with Crippen molar-refractivity contribution in [3.05, 3.63) is 48.5 Å². The molecule has 6 nitrogen and oxygen atoms in total. The average molecular weight is 329 g/mol. The monoisotopic (exact) mass is 329 g/mol. The van der Waals surface area contributed by atoms with Crippen LogP contribution in [0.1, 0.15) is 6.42 Å². The Bertz CT molecular complexity index is 674. The molecule has 24 heavy (non-hydrogen) atoms. The summed E-state index contributed by atoms with van der Waals surface area (Å²) in [6, 6.07) is 7.99. The molecular formula is C17H20FN5O. The van der Waals surface area contributed by atoms with E-state index >= 15 is 0 Å². The van der Waals surface area contributed by atoms with Crippen LogP contribution in [0.15, 0.2) is 42.7 Å². The van der Waals surface area contributed by atoms with Gasteiger partial charge in [0, 0.05) is 51.5 Å². The Morgan fingerprint density at radius 3 is 2.50 bits per heavy atom. The summed E-state index contributed by atoms with van der Waals surface area (Å²) < 4.78 is 13.5. The number of carbonyl (C=O) groups is 1. The lowest BCUT2D eigenvalue weighted by Crippen LogP contribution is -2.47. The number of aromatic nitrogens is 2. The number of piperazine rings is 1. The number of hydrogen-bond donors (Lipinski definition) is 1. The maximum atomic E-state index is 13.5. The van der Waals surface area contributed by atoms with E-state index in [2.05, 4.69) is 25.1 Å². The maximum Gasteiger partial charge on any atom is 0.225 e. The number of anilines is 2. The van der Waals surface area contributed by atoms with Crippen LogP contribution in [-0.2, 0) is 4.79 Å². The van der Waals surface area contributed by atoms with E-state index in [0.717, 1.165) is 32.1 Å². The van der Waals surface area contributed by atoms with Gasteiger partial charge in [0.1, 0.15) is 5.82 Å². The number of rotatable bonds is 5. The van der Waals surface area contributed by atoms with Crippen LogP contribution >= 0.6 is 0 Å². The highest BCUT2D eigenvalue weighted by Gasteiger charge is 2.19. The molecule has 1 aliphatic heterocycles. The largest absolute Gasteiger partial charge is 0.338 e. The summed E-state index contributed by atoms with van der Waals surface area (Å²) in [5.74, 6) is 0.158. The van der Waals surface area contributed by atoms with Crippen molar-refractivity contribution in [1.82, 2.24) is 14.9 Å². The number of nitrogens with zero attached hydrogens (tertiary/aromatic N) is 4. The van der Waals surface area contributed by atoms with Crippen molar-refractivity contribution < 1.29 is 9.18 Å². The number of carbonyl (C=O) groups excluding carboxylic acids is 1. The second kappa shape index (κ2) is 7.83. The first kappa shape index (κ1) is 16.3. The summed E-state index contributed by atoms with van der Waals surface area (Å²) in [6.07, 6.45) is 3.82. The molecule has 0 radical (unpaired) electrons. The molecule has 0 atom stereocenters. The Kier molecular flexibility index (Phi) is 5.32. The molecule has 1 amide bonds. The van der Waals surface area contributed by atoms with Crippen LogP contribution in [0.25, 0.3) is 0 Å². The fraction of sp³-hybridized carbons (Fsp3) is 0.353. The lowest BCUT2D eigenvalue weighted by atomic mass is 10.2. The first-order valence-corrected chi connectivity index (χ1v) is 8.01. The summed E-state index contributed by atoms with van der Waals surface area (Å²) in [5.41, 5.74) is 0.230. The Morgan fingerprint density at radius 1 is 1.08 bits per heavy atom. The van der Waals surface area contributed by atoms with Gasteiger partial charge in [0.2, 0.25) is 11.9 Å². The van der Waals surface area contributed by atoms with Crippen LogP contribution < -0.4 is 10.2 Å². The van der Waals surface area contributed by atoms with Gasteiger partial charge in [0.05, 0.1) is 5.69 Å². The standard InChI is InChI=1S/C17H20FN5O/c18-14-4-1-2-5-15(14)21-16(24)6-9-22-10-12-23(13-11-22)17-19-7-3-8-20-17/h1-5,7-8H,6,9-13H2,(H,21,24). The summed E-state index contributed by atoms with van der Waals surface area (Å²) in [5, 5.41) is 2.61. The molecule has 2 aromatic rings. The van der Waals surface area contributed by atoms with Crippen molar-refractivity contribution in [3.63, 3.8) is 0 Å². The Morgan fingerprint density at radius 2 is 1.79 bits per heavy atom. The summed E-state index contributed by atoms with van der Waals surface area (Å²) in [7, 11) is 0. The van der Waals surface area contributed by atoms with Gasteiger partial charge in [0.15, 0.2) is 0 Å². The topological polar surface area (TPSA) is 61.4 Å². The quantitative estimate of drug-likeness (QED) is 0.906. The van der Waals surface area contributed by atoms with Gasteiger partial charge in [-0.1, -0.05) is 12.1 Å². The molecule has 1 aromatic carbocycles. The van der Waals surface area contributed by atoms with Crippen molar-refractivity contribution >= 4 is 17.5 Å². The van der Waals surface area contributed by atoms with E-state index in [9.17, 15) is 9.18 Å². The van der Waals surface area contributed by atoms with E-state index < -0.39 is 5.82 Å². The average Bonchev–Trinajstić information content (AvgIpc) is 2.63. The summed E-state index contributed by atoms with van der Waals surface area (Å²) in [6.45, 7) is 4.03. The van der Waals surface area contributed by atoms with Crippen LogP contribution in [0.2, 0.25) is 0 Å². The van der Waals surface area contributed by atoms with Crippen molar-refractivity contribution in [3.8, 4) is 0 Å². The predicted molar refractivity (Wildman–Crippen MR) is 90.3 cm³/mol. The number of benzene rings is 1. The van der Waals surface area contributed by atoms with E-state index in [1.165, 1.54) is 6.07 Å². The number of hydrogen-bond acceptors (Lipinski definition) is 5. The third kappa shape index (κ3) is 4.26. The molecule has 1 aliphatic rings. The summed E-state index contributed by atoms with van der Waals surface area (Å²) >= 11 is 0. The van der Waals surface area contributed by atoms with E-state index in [-0.39, 0.29) is 11.6 Å². The minimum absolute atomic E-state index is 0.172. The van der Waals surface area contributed by atoms with Gasteiger partial charge in [-0.05, 0) is 18.2 Å². The van der Waals surface area contributed by atoms with Crippen LogP contribution in [0.3, 0.4) is 0 Å². The van der Waals surface area contributed by atoms with Crippen molar-refractivity contribution in [2.24, 2.45) is 0 Å². The van der Waals surface area contributed by atoms with Crippen LogP contribution in [0.5, 0.6) is 0 Å². The lowest BCUT2D eigenvalue weighted by Gasteiger charge is -2.34. The van der Waals surface area contributed by atoms with Gasteiger partial charge in [-0.3, -0.25) is 9.69 Å². The van der Waals surface area contributed by atoms with E-state index in [1.54, 1.807) is 36.7 Å². The fourth-order valence-corrected chi connectivity index (χ4v) is 2.66. The zero-order valence-corrected chi connectivity index (χ0v) is 13.4. The third-order valence-electron chi connectivity index (χ3n) is 4.01. The van der Waals surface area contributed by atoms with Gasteiger partial charge in [-0.25, -0.2) is 14.4 Å². The zero-order chi connectivity index (χ0) is 16.8. The highest BCUT2D eigenvalue weighted by atomic mass is 19.1. The van der Waals surface area contributed by atoms with E-state index in [0.29, 0.717) is 13.0 Å². The van der Waals surface area contributed by atoms with E-state index in [4.69, 9.17) is 0 Å². The molecule has 1 fully saturated rings. The molecule has 1 aromatic heterocycles. The van der Waals surface area contributed by atoms with Gasteiger partial charge < -0.3 is 10.2 Å². The molecular weight excluding hydrogens is 309 g/mol. The first-order valence-electron chi connectivity index (χ1n) is 8.01. The number of nitrogens with one attached hydrogen (secondary N) is 1. The molecule has 2 heterocycles. The summed E-state index contributed by atoms with van der Waals surface area (Å²) in [4.78, 5) is 24.8. The molecule has 0 unspecified atom stereocenters. The Labute approximate surface area is 140 Å². The number of para-hydroxylation sites is 1. The Balaban J connectivity index is 1.42. The normalized spacial score (nSPS) is 15.3. The lowest BCUT2D eigenvalue weighted by molar-refractivity contribution is -0.116. The number of halogens is 1. The second-order valence-corrected chi connectivity index (χ2v) is 5.66. The number of amides is 1. The van der Waals surface area contributed by atoms with Crippen LogP contribution in [0, 0.1) is 5.82 Å². The van der Waals surface area contributed by atoms with Gasteiger partial charge in [-0.15, -0.1) is 0 Å². The first-order chi connectivity index (χ1) is 11.7. The van der Waals surface area contributed by atoms with Crippen LogP contribution in [-0.4, -0.2) is 53.5 Å². The Hall–Kier alpha value is -2.54. The molecule has 3 rings (SSSR count).